The Morgan fingerprint density at radius 3 is 2.10 bits per heavy atom. The van der Waals surface area contributed by atoms with Gasteiger partial charge in [0.2, 0.25) is 0 Å². The standard InChI is InChI=1S/C14H23NO6/c1-9(2)11(21-14(18)15-10(3)4)8-20-13(17)7-6-12(16)19-5/h6-7,9-11H,8H2,1-5H3,(H,15,18). The fourth-order valence-corrected chi connectivity index (χ4v) is 1.19. The van der Waals surface area contributed by atoms with E-state index in [0.29, 0.717) is 0 Å². The highest BCUT2D eigenvalue weighted by molar-refractivity contribution is 5.91. The Hall–Kier alpha value is -2.05. The van der Waals surface area contributed by atoms with Gasteiger partial charge in [-0.15, -0.1) is 0 Å². The molecule has 7 nitrogen and oxygen atoms in total. The van der Waals surface area contributed by atoms with E-state index in [0.717, 1.165) is 12.2 Å². The van der Waals surface area contributed by atoms with Crippen molar-refractivity contribution in [3.05, 3.63) is 12.2 Å². The number of esters is 2. The molecule has 1 atom stereocenters. The van der Waals surface area contributed by atoms with Crippen molar-refractivity contribution in [2.75, 3.05) is 13.7 Å². The van der Waals surface area contributed by atoms with Gasteiger partial charge in [0.1, 0.15) is 12.7 Å². The van der Waals surface area contributed by atoms with Gasteiger partial charge in [0.05, 0.1) is 7.11 Å². The molecule has 0 aromatic heterocycles. The van der Waals surface area contributed by atoms with E-state index in [4.69, 9.17) is 9.47 Å². The second-order valence-electron chi connectivity index (χ2n) is 4.97. The van der Waals surface area contributed by atoms with E-state index in [1.165, 1.54) is 7.11 Å². The summed E-state index contributed by atoms with van der Waals surface area (Å²) in [4.78, 5) is 33.7. The van der Waals surface area contributed by atoms with Crippen LogP contribution in [0.1, 0.15) is 27.7 Å². The minimum atomic E-state index is -0.709. The highest BCUT2D eigenvalue weighted by Gasteiger charge is 2.20. The SMILES string of the molecule is COC(=O)C=CC(=O)OCC(OC(=O)NC(C)C)C(C)C. The average Bonchev–Trinajstić information content (AvgIpc) is 2.39. The molecule has 1 unspecified atom stereocenters. The molecule has 0 rings (SSSR count). The summed E-state index contributed by atoms with van der Waals surface area (Å²) in [5.41, 5.74) is 0. The second kappa shape index (κ2) is 9.79. The first-order chi connectivity index (χ1) is 9.76. The minimum Gasteiger partial charge on any atom is -0.466 e. The third-order valence-corrected chi connectivity index (χ3v) is 2.36. The Labute approximate surface area is 124 Å². The van der Waals surface area contributed by atoms with E-state index in [2.05, 4.69) is 10.1 Å². The molecule has 0 aromatic rings. The summed E-state index contributed by atoms with van der Waals surface area (Å²) in [7, 11) is 1.20. The Morgan fingerprint density at radius 1 is 1.05 bits per heavy atom. The molecule has 1 amide bonds. The molecule has 21 heavy (non-hydrogen) atoms. The summed E-state index contributed by atoms with van der Waals surface area (Å²) in [5, 5.41) is 2.59. The van der Waals surface area contributed by atoms with Gasteiger partial charge in [0, 0.05) is 18.2 Å². The first-order valence-corrected chi connectivity index (χ1v) is 6.66. The van der Waals surface area contributed by atoms with Gasteiger partial charge >= 0.3 is 18.0 Å². The lowest BCUT2D eigenvalue weighted by molar-refractivity contribution is -0.142. The van der Waals surface area contributed by atoms with Gasteiger partial charge in [-0.1, -0.05) is 13.8 Å². The summed E-state index contributed by atoms with van der Waals surface area (Å²) in [6.45, 7) is 7.21. The molecule has 0 bridgehead atoms. The van der Waals surface area contributed by atoms with Crippen LogP contribution in [-0.2, 0) is 23.8 Å². The van der Waals surface area contributed by atoms with Crippen LogP contribution in [-0.4, -0.2) is 43.9 Å². The molecule has 0 aliphatic rings. The van der Waals surface area contributed by atoms with Crippen LogP contribution in [0.4, 0.5) is 4.79 Å². The van der Waals surface area contributed by atoms with Crippen molar-refractivity contribution < 1.29 is 28.6 Å². The lowest BCUT2D eigenvalue weighted by Crippen LogP contribution is -2.37. The van der Waals surface area contributed by atoms with Crippen molar-refractivity contribution in [2.45, 2.75) is 39.8 Å². The van der Waals surface area contributed by atoms with Gasteiger partial charge in [-0.25, -0.2) is 14.4 Å². The topological polar surface area (TPSA) is 90.9 Å². The smallest absolute Gasteiger partial charge is 0.407 e. The number of hydrogen-bond acceptors (Lipinski definition) is 6. The summed E-state index contributed by atoms with van der Waals surface area (Å²) in [5.74, 6) is -1.39. The first-order valence-electron chi connectivity index (χ1n) is 6.66. The lowest BCUT2D eigenvalue weighted by atomic mass is 10.1. The van der Waals surface area contributed by atoms with E-state index < -0.39 is 24.1 Å². The predicted molar refractivity (Wildman–Crippen MR) is 75.5 cm³/mol. The zero-order valence-corrected chi connectivity index (χ0v) is 13.0. The maximum Gasteiger partial charge on any atom is 0.407 e. The molecule has 0 saturated heterocycles. The number of carbonyl (C=O) groups is 3. The average molecular weight is 301 g/mol. The van der Waals surface area contributed by atoms with Crippen LogP contribution in [0, 0.1) is 5.92 Å². The maximum absolute atomic E-state index is 11.5. The molecule has 1 N–H and O–H groups in total. The first kappa shape index (κ1) is 18.9. The molecule has 0 fully saturated rings. The molecular formula is C14H23NO6. The Kier molecular flexibility index (Phi) is 8.84. The summed E-state index contributed by atoms with van der Waals surface area (Å²) in [6, 6.07) is -0.0455. The van der Waals surface area contributed by atoms with E-state index >= 15 is 0 Å². The van der Waals surface area contributed by atoms with Gasteiger partial charge in [-0.2, -0.15) is 0 Å². The molecule has 0 aliphatic carbocycles. The molecule has 0 aliphatic heterocycles. The van der Waals surface area contributed by atoms with Crippen LogP contribution in [0.2, 0.25) is 0 Å². The molecule has 0 spiro atoms. The molecule has 7 heteroatoms. The summed E-state index contributed by atoms with van der Waals surface area (Å²) < 4.78 is 14.4. The highest BCUT2D eigenvalue weighted by atomic mass is 16.6. The van der Waals surface area contributed by atoms with Crippen LogP contribution < -0.4 is 5.32 Å². The zero-order valence-electron chi connectivity index (χ0n) is 13.0. The number of hydrogen-bond donors (Lipinski definition) is 1. The van der Waals surface area contributed by atoms with E-state index in [1.54, 1.807) is 0 Å². The predicted octanol–water partition coefficient (Wildman–Crippen LogP) is 1.42. The number of amides is 1. The fraction of sp³-hybridized carbons (Fsp3) is 0.643. The van der Waals surface area contributed by atoms with Gasteiger partial charge in [-0.05, 0) is 19.8 Å². The van der Waals surface area contributed by atoms with Crippen LogP contribution in [0.25, 0.3) is 0 Å². The van der Waals surface area contributed by atoms with Crippen molar-refractivity contribution >= 4 is 18.0 Å². The van der Waals surface area contributed by atoms with Gasteiger partial charge in [-0.3, -0.25) is 0 Å². The van der Waals surface area contributed by atoms with Crippen molar-refractivity contribution in [1.29, 1.82) is 0 Å². The summed E-state index contributed by atoms with van der Waals surface area (Å²) in [6.07, 6.45) is 0.778. The maximum atomic E-state index is 11.5. The number of methoxy groups -OCH3 is 1. The lowest BCUT2D eigenvalue weighted by Gasteiger charge is -2.21. The fourth-order valence-electron chi connectivity index (χ4n) is 1.19. The molecule has 0 heterocycles. The number of alkyl carbamates (subject to hydrolysis) is 1. The minimum absolute atomic E-state index is 0.0275. The van der Waals surface area contributed by atoms with Crippen molar-refractivity contribution in [1.82, 2.24) is 5.32 Å². The van der Waals surface area contributed by atoms with Crippen LogP contribution in [0.3, 0.4) is 0 Å². The third-order valence-electron chi connectivity index (χ3n) is 2.36. The van der Waals surface area contributed by atoms with Crippen LogP contribution in [0.5, 0.6) is 0 Å². The number of rotatable bonds is 7. The quantitative estimate of drug-likeness (QED) is 0.434. The zero-order chi connectivity index (χ0) is 16.4. The van der Waals surface area contributed by atoms with E-state index in [9.17, 15) is 14.4 Å². The second-order valence-corrected chi connectivity index (χ2v) is 4.97. The Morgan fingerprint density at radius 2 is 1.62 bits per heavy atom. The van der Waals surface area contributed by atoms with E-state index in [1.807, 2.05) is 27.7 Å². The normalized spacial score (nSPS) is 12.3. The van der Waals surface area contributed by atoms with Crippen molar-refractivity contribution in [3.63, 3.8) is 0 Å². The monoisotopic (exact) mass is 301 g/mol. The Bertz CT molecular complexity index is 389. The number of nitrogens with one attached hydrogen (secondary N) is 1. The molecule has 0 aromatic carbocycles. The molecular weight excluding hydrogens is 278 g/mol. The summed E-state index contributed by atoms with van der Waals surface area (Å²) >= 11 is 0. The highest BCUT2D eigenvalue weighted by Crippen LogP contribution is 2.08. The van der Waals surface area contributed by atoms with Crippen LogP contribution >= 0.6 is 0 Å². The number of ether oxygens (including phenoxy) is 3. The van der Waals surface area contributed by atoms with Crippen molar-refractivity contribution in [3.8, 4) is 0 Å². The third kappa shape index (κ3) is 9.48. The van der Waals surface area contributed by atoms with Gasteiger partial charge in [0.25, 0.3) is 0 Å². The van der Waals surface area contributed by atoms with Gasteiger partial charge < -0.3 is 19.5 Å². The van der Waals surface area contributed by atoms with Crippen LogP contribution in [0.15, 0.2) is 12.2 Å². The van der Waals surface area contributed by atoms with Gasteiger partial charge in [0.15, 0.2) is 0 Å². The largest absolute Gasteiger partial charge is 0.466 e. The molecule has 0 saturated carbocycles. The number of carbonyl (C=O) groups excluding carboxylic acids is 3. The molecule has 120 valence electrons. The van der Waals surface area contributed by atoms with E-state index in [-0.39, 0.29) is 18.6 Å². The van der Waals surface area contributed by atoms with Crippen molar-refractivity contribution in [2.24, 2.45) is 5.92 Å². The Balaban J connectivity index is 4.33. The molecule has 0 radical (unpaired) electrons.